The zero-order valence-electron chi connectivity index (χ0n) is 11.3. The molecular weight excluding hydrogens is 268 g/mol. The molecule has 0 aromatic carbocycles. The number of carbonyl (C=O) groups is 2. The highest BCUT2D eigenvalue weighted by Crippen LogP contribution is 2.20. The molecule has 0 saturated heterocycles. The Balaban J connectivity index is 3.01. The zero-order valence-corrected chi connectivity index (χ0v) is 11.3. The number of hydrogen-bond donors (Lipinski definition) is 3. The number of nitro groups is 1. The Morgan fingerprint density at radius 2 is 2.15 bits per heavy atom. The van der Waals surface area contributed by atoms with Crippen LogP contribution in [0.4, 0.5) is 5.69 Å². The van der Waals surface area contributed by atoms with E-state index in [4.69, 9.17) is 5.11 Å². The fourth-order valence-electron chi connectivity index (χ4n) is 1.70. The van der Waals surface area contributed by atoms with Crippen LogP contribution in [0.15, 0.2) is 0 Å². The maximum absolute atomic E-state index is 12.0. The summed E-state index contributed by atoms with van der Waals surface area (Å²) in [5.74, 6) is -2.38. The lowest BCUT2D eigenvalue weighted by Crippen LogP contribution is -2.45. The second-order valence-electron chi connectivity index (χ2n) is 4.48. The summed E-state index contributed by atoms with van der Waals surface area (Å²) in [7, 11) is 0. The number of rotatable bonds is 6. The molecule has 0 fully saturated rings. The van der Waals surface area contributed by atoms with Gasteiger partial charge >= 0.3 is 11.7 Å². The third-order valence-corrected chi connectivity index (χ3v) is 3.08. The molecule has 3 N–H and O–H groups in total. The summed E-state index contributed by atoms with van der Waals surface area (Å²) in [6.07, 6.45) is 0.541. The molecule has 1 rings (SSSR count). The number of nitrogens with one attached hydrogen (secondary N) is 2. The average molecular weight is 284 g/mol. The van der Waals surface area contributed by atoms with Crippen LogP contribution in [0.1, 0.15) is 36.5 Å². The molecule has 9 heteroatoms. The van der Waals surface area contributed by atoms with Crippen LogP contribution in [-0.2, 0) is 4.79 Å². The molecule has 1 heterocycles. The normalized spacial score (nSPS) is 13.6. The van der Waals surface area contributed by atoms with E-state index in [1.54, 1.807) is 13.8 Å². The number of aryl methyl sites for hydroxylation is 1. The first-order valence-corrected chi connectivity index (χ1v) is 6.02. The summed E-state index contributed by atoms with van der Waals surface area (Å²) >= 11 is 0. The summed E-state index contributed by atoms with van der Waals surface area (Å²) < 4.78 is 0. The van der Waals surface area contributed by atoms with E-state index in [0.717, 1.165) is 0 Å². The van der Waals surface area contributed by atoms with Gasteiger partial charge in [0, 0.05) is 0 Å². The molecular formula is C11H16N4O5. The van der Waals surface area contributed by atoms with Gasteiger partial charge < -0.3 is 10.4 Å². The largest absolute Gasteiger partial charge is 0.480 e. The van der Waals surface area contributed by atoms with Crippen molar-refractivity contribution in [2.75, 3.05) is 0 Å². The number of aliphatic carboxylic acids is 1. The third-order valence-electron chi connectivity index (χ3n) is 3.08. The van der Waals surface area contributed by atoms with Gasteiger partial charge in [-0.3, -0.25) is 20.0 Å². The van der Waals surface area contributed by atoms with Crippen LogP contribution in [0, 0.1) is 23.0 Å². The minimum Gasteiger partial charge on any atom is -0.480 e. The van der Waals surface area contributed by atoms with Crippen molar-refractivity contribution >= 4 is 17.6 Å². The molecule has 0 spiro atoms. The molecule has 0 radical (unpaired) electrons. The van der Waals surface area contributed by atoms with E-state index in [1.807, 2.05) is 0 Å². The van der Waals surface area contributed by atoms with Gasteiger partial charge in [0.05, 0.1) is 4.92 Å². The fourth-order valence-corrected chi connectivity index (χ4v) is 1.70. The lowest BCUT2D eigenvalue weighted by molar-refractivity contribution is -0.385. The van der Waals surface area contributed by atoms with Crippen molar-refractivity contribution in [1.29, 1.82) is 0 Å². The number of nitrogens with zero attached hydrogens (tertiary/aromatic N) is 2. The van der Waals surface area contributed by atoms with Crippen molar-refractivity contribution in [3.63, 3.8) is 0 Å². The van der Waals surface area contributed by atoms with Crippen LogP contribution < -0.4 is 5.32 Å². The van der Waals surface area contributed by atoms with Crippen LogP contribution in [-0.4, -0.2) is 38.1 Å². The molecule has 0 bridgehead atoms. The lowest BCUT2D eigenvalue weighted by Gasteiger charge is -2.19. The monoisotopic (exact) mass is 284 g/mol. The van der Waals surface area contributed by atoms with Crippen molar-refractivity contribution < 1.29 is 19.6 Å². The summed E-state index contributed by atoms with van der Waals surface area (Å²) in [6, 6.07) is -1.12. The van der Waals surface area contributed by atoms with E-state index in [0.29, 0.717) is 6.42 Å². The molecule has 0 unspecified atom stereocenters. The smallest absolute Gasteiger partial charge is 0.326 e. The second-order valence-corrected chi connectivity index (χ2v) is 4.48. The predicted octanol–water partition coefficient (Wildman–Crippen LogP) is 0.855. The summed E-state index contributed by atoms with van der Waals surface area (Å²) in [5.41, 5.74) is -0.728. The maximum Gasteiger partial charge on any atom is 0.326 e. The molecule has 1 aromatic rings. The number of aromatic nitrogens is 2. The summed E-state index contributed by atoms with van der Waals surface area (Å²) in [5, 5.41) is 28.1. The molecule has 2 atom stereocenters. The number of carboxylic acids is 1. The van der Waals surface area contributed by atoms with Gasteiger partial charge in [-0.2, -0.15) is 5.10 Å². The molecule has 9 nitrogen and oxygen atoms in total. The van der Waals surface area contributed by atoms with Gasteiger partial charge in [-0.1, -0.05) is 20.3 Å². The first-order valence-electron chi connectivity index (χ1n) is 6.02. The van der Waals surface area contributed by atoms with E-state index in [1.165, 1.54) is 6.92 Å². The number of carbonyl (C=O) groups excluding carboxylic acids is 1. The first kappa shape index (κ1) is 15.6. The fraction of sp³-hybridized carbons (Fsp3) is 0.545. The molecule has 20 heavy (non-hydrogen) atoms. The van der Waals surface area contributed by atoms with Crippen LogP contribution >= 0.6 is 0 Å². The Morgan fingerprint density at radius 3 is 2.60 bits per heavy atom. The van der Waals surface area contributed by atoms with Gasteiger partial charge in [-0.05, 0) is 12.8 Å². The Morgan fingerprint density at radius 1 is 1.55 bits per heavy atom. The zero-order chi connectivity index (χ0) is 15.4. The molecule has 0 aliphatic heterocycles. The molecule has 110 valence electrons. The number of H-pyrrole nitrogens is 1. The van der Waals surface area contributed by atoms with Gasteiger partial charge in [0.2, 0.25) is 5.69 Å². The van der Waals surface area contributed by atoms with E-state index in [2.05, 4.69) is 15.5 Å². The molecule has 0 aliphatic carbocycles. The maximum atomic E-state index is 12.0. The molecule has 0 aliphatic rings. The second kappa shape index (κ2) is 6.13. The molecule has 1 aromatic heterocycles. The van der Waals surface area contributed by atoms with Gasteiger partial charge in [0.25, 0.3) is 5.91 Å². The SMILES string of the molecule is CC[C@H](C)[C@H](NC(=O)c1n[nH]c(C)c1[N+](=O)[O-])C(=O)O. The highest BCUT2D eigenvalue weighted by molar-refractivity contribution is 5.98. The van der Waals surface area contributed by atoms with Crippen LogP contribution in [0.5, 0.6) is 0 Å². The van der Waals surface area contributed by atoms with Crippen molar-refractivity contribution in [3.05, 3.63) is 21.5 Å². The Kier molecular flexibility index (Phi) is 4.78. The standard InChI is InChI=1S/C11H16N4O5/c1-4-5(2)7(11(17)18)12-10(16)8-9(15(19)20)6(3)13-14-8/h5,7H,4H2,1-3H3,(H,12,16)(H,13,14)(H,17,18)/t5-,7-/m0/s1. The van der Waals surface area contributed by atoms with E-state index in [9.17, 15) is 19.7 Å². The lowest BCUT2D eigenvalue weighted by atomic mass is 9.99. The minimum atomic E-state index is -1.19. The highest BCUT2D eigenvalue weighted by atomic mass is 16.6. The average Bonchev–Trinajstić information content (AvgIpc) is 2.76. The van der Waals surface area contributed by atoms with Crippen molar-refractivity contribution in [1.82, 2.24) is 15.5 Å². The van der Waals surface area contributed by atoms with Gasteiger partial charge in [-0.15, -0.1) is 0 Å². The quantitative estimate of drug-likeness (QED) is 0.523. The van der Waals surface area contributed by atoms with Gasteiger partial charge in [-0.25, -0.2) is 4.79 Å². The molecule has 0 saturated carbocycles. The molecule has 1 amide bonds. The Labute approximate surface area is 114 Å². The van der Waals surface area contributed by atoms with Crippen LogP contribution in [0.2, 0.25) is 0 Å². The number of amides is 1. The van der Waals surface area contributed by atoms with Crippen LogP contribution in [0.3, 0.4) is 0 Å². The number of aromatic amines is 1. The third kappa shape index (κ3) is 3.11. The highest BCUT2D eigenvalue weighted by Gasteiger charge is 2.31. The van der Waals surface area contributed by atoms with Gasteiger partial charge in [0.1, 0.15) is 11.7 Å². The Hall–Kier alpha value is -2.45. The van der Waals surface area contributed by atoms with Crippen molar-refractivity contribution in [3.8, 4) is 0 Å². The van der Waals surface area contributed by atoms with E-state index < -0.39 is 34.2 Å². The summed E-state index contributed by atoms with van der Waals surface area (Å²) in [4.78, 5) is 33.2. The van der Waals surface area contributed by atoms with Crippen LogP contribution in [0.25, 0.3) is 0 Å². The number of carboxylic acid groups (broad SMARTS) is 1. The van der Waals surface area contributed by atoms with E-state index in [-0.39, 0.29) is 11.6 Å². The summed E-state index contributed by atoms with van der Waals surface area (Å²) in [6.45, 7) is 4.86. The van der Waals surface area contributed by atoms with Crippen molar-refractivity contribution in [2.24, 2.45) is 5.92 Å². The van der Waals surface area contributed by atoms with E-state index >= 15 is 0 Å². The minimum absolute atomic E-state index is 0.135. The van der Waals surface area contributed by atoms with Gasteiger partial charge in [0.15, 0.2) is 0 Å². The predicted molar refractivity (Wildman–Crippen MR) is 68.3 cm³/mol. The Bertz CT molecular complexity index is 539. The first-order chi connectivity index (χ1) is 9.29. The topological polar surface area (TPSA) is 138 Å². The number of hydrogen-bond acceptors (Lipinski definition) is 5. The van der Waals surface area contributed by atoms with Crippen molar-refractivity contribution in [2.45, 2.75) is 33.2 Å².